The molecule has 3 rings (SSSR count). The molecule has 1 aromatic rings. The summed E-state index contributed by atoms with van der Waals surface area (Å²) in [7, 11) is 2.03. The zero-order chi connectivity index (χ0) is 19.6. The van der Waals surface area contributed by atoms with Gasteiger partial charge < -0.3 is 15.1 Å². The first kappa shape index (κ1) is 19.5. The van der Waals surface area contributed by atoms with E-state index < -0.39 is 17.7 Å². The molecule has 8 heteroatoms. The van der Waals surface area contributed by atoms with Crippen molar-refractivity contribution in [1.82, 2.24) is 14.7 Å². The number of nitrogens with one attached hydrogen (secondary N) is 1. The number of amides is 3. The molecule has 0 saturated carbocycles. The number of likely N-dealkylation sites (tertiary alicyclic amines) is 1. The van der Waals surface area contributed by atoms with Crippen LogP contribution in [-0.2, 0) is 4.79 Å². The molecule has 1 spiro atoms. The molecule has 2 saturated heterocycles. The van der Waals surface area contributed by atoms with Crippen molar-refractivity contribution in [3.8, 4) is 0 Å². The first-order chi connectivity index (χ1) is 12.8. The molecular weight excluding hydrogens is 354 g/mol. The van der Waals surface area contributed by atoms with Gasteiger partial charge in [0.1, 0.15) is 11.6 Å². The Hall–Kier alpha value is -2.22. The zero-order valence-corrected chi connectivity index (χ0v) is 15.8. The van der Waals surface area contributed by atoms with Gasteiger partial charge in [-0.05, 0) is 38.9 Å². The van der Waals surface area contributed by atoms with E-state index in [0.717, 1.165) is 18.6 Å². The quantitative estimate of drug-likeness (QED) is 0.858. The fourth-order valence-electron chi connectivity index (χ4n) is 3.99. The van der Waals surface area contributed by atoms with Crippen molar-refractivity contribution < 1.29 is 18.4 Å². The van der Waals surface area contributed by atoms with Gasteiger partial charge >= 0.3 is 6.03 Å². The Balaban J connectivity index is 1.72. The Bertz CT molecular complexity index is 730. The van der Waals surface area contributed by atoms with Crippen LogP contribution in [0, 0.1) is 11.6 Å². The van der Waals surface area contributed by atoms with Crippen LogP contribution >= 0.6 is 0 Å². The van der Waals surface area contributed by atoms with Gasteiger partial charge in [-0.25, -0.2) is 13.6 Å². The summed E-state index contributed by atoms with van der Waals surface area (Å²) in [4.78, 5) is 30.7. The number of anilines is 1. The Kier molecular flexibility index (Phi) is 5.64. The van der Waals surface area contributed by atoms with E-state index in [9.17, 15) is 18.4 Å². The normalized spacial score (nSPS) is 24.2. The number of rotatable bonds is 2. The van der Waals surface area contributed by atoms with Crippen LogP contribution in [0.3, 0.4) is 0 Å². The predicted molar refractivity (Wildman–Crippen MR) is 98.4 cm³/mol. The first-order valence-corrected chi connectivity index (χ1v) is 9.34. The van der Waals surface area contributed by atoms with Gasteiger partial charge in [-0.1, -0.05) is 0 Å². The van der Waals surface area contributed by atoms with E-state index in [2.05, 4.69) is 10.2 Å². The smallest absolute Gasteiger partial charge is 0.322 e. The van der Waals surface area contributed by atoms with Crippen LogP contribution in [0.25, 0.3) is 0 Å². The van der Waals surface area contributed by atoms with Gasteiger partial charge in [0.25, 0.3) is 0 Å². The first-order valence-electron chi connectivity index (χ1n) is 9.34. The third kappa shape index (κ3) is 4.05. The minimum absolute atomic E-state index is 0.0393. The summed E-state index contributed by atoms with van der Waals surface area (Å²) < 4.78 is 26.9. The van der Waals surface area contributed by atoms with Crippen molar-refractivity contribution in [3.63, 3.8) is 0 Å². The minimum Gasteiger partial charge on any atom is -0.343 e. The van der Waals surface area contributed by atoms with Crippen molar-refractivity contribution >= 4 is 17.6 Å². The molecule has 1 N–H and O–H groups in total. The maximum absolute atomic E-state index is 13.8. The standard InChI is InChI=1S/C19H26F2N4O2/c1-3-24-9-8-19(7-6-17(24)26)13-25(11-10-23(19)2)18(27)22-16-5-4-14(20)12-15(16)21/h4-5,12H,3,6-11,13H2,1-2H3,(H,22,27)/t19-/m1/s1. The van der Waals surface area contributed by atoms with Crippen LogP contribution in [0.15, 0.2) is 18.2 Å². The maximum atomic E-state index is 13.8. The number of nitrogens with zero attached hydrogens (tertiary/aromatic N) is 3. The Morgan fingerprint density at radius 3 is 2.70 bits per heavy atom. The molecule has 0 aromatic heterocycles. The number of hydrogen-bond donors (Lipinski definition) is 1. The summed E-state index contributed by atoms with van der Waals surface area (Å²) in [6.45, 7) is 4.99. The number of piperazine rings is 1. The van der Waals surface area contributed by atoms with E-state index in [-0.39, 0.29) is 17.1 Å². The van der Waals surface area contributed by atoms with Crippen LogP contribution in [0.2, 0.25) is 0 Å². The average molecular weight is 380 g/mol. The van der Waals surface area contributed by atoms with Gasteiger partial charge in [-0.2, -0.15) is 0 Å². The number of benzene rings is 1. The molecule has 0 radical (unpaired) electrons. The molecule has 1 atom stereocenters. The van der Waals surface area contributed by atoms with E-state index in [1.165, 1.54) is 6.07 Å². The van der Waals surface area contributed by atoms with Crippen LogP contribution in [0.1, 0.15) is 26.2 Å². The number of hydrogen-bond acceptors (Lipinski definition) is 3. The highest BCUT2D eigenvalue weighted by atomic mass is 19.1. The third-order valence-electron chi connectivity index (χ3n) is 5.85. The molecule has 1 aromatic carbocycles. The summed E-state index contributed by atoms with van der Waals surface area (Å²) in [5, 5.41) is 2.54. The van der Waals surface area contributed by atoms with Gasteiger partial charge in [0.2, 0.25) is 5.91 Å². The summed E-state index contributed by atoms with van der Waals surface area (Å²) in [6.07, 6.45) is 1.94. The van der Waals surface area contributed by atoms with E-state index in [1.54, 1.807) is 4.90 Å². The SMILES string of the molecule is CCN1CC[C@]2(CCC1=O)CN(C(=O)Nc1ccc(F)cc1F)CCN2C. The highest BCUT2D eigenvalue weighted by Crippen LogP contribution is 2.32. The highest BCUT2D eigenvalue weighted by molar-refractivity contribution is 5.89. The molecular formula is C19H26F2N4O2. The second kappa shape index (κ2) is 7.80. The van der Waals surface area contributed by atoms with Crippen LogP contribution in [0.5, 0.6) is 0 Å². The second-order valence-electron chi connectivity index (χ2n) is 7.35. The van der Waals surface area contributed by atoms with Gasteiger partial charge in [0.15, 0.2) is 0 Å². The lowest BCUT2D eigenvalue weighted by molar-refractivity contribution is -0.130. The molecule has 3 amide bonds. The van der Waals surface area contributed by atoms with Crippen molar-refractivity contribution in [3.05, 3.63) is 29.8 Å². The molecule has 2 fully saturated rings. The monoisotopic (exact) mass is 380 g/mol. The van der Waals surface area contributed by atoms with Crippen LogP contribution in [-0.4, -0.2) is 71.9 Å². The van der Waals surface area contributed by atoms with Crippen molar-refractivity contribution in [2.45, 2.75) is 31.7 Å². The fourth-order valence-corrected chi connectivity index (χ4v) is 3.99. The van der Waals surface area contributed by atoms with Gasteiger partial charge in [-0.3, -0.25) is 9.69 Å². The number of carbonyl (C=O) groups excluding carboxylic acids is 2. The lowest BCUT2D eigenvalue weighted by atomic mass is 9.86. The molecule has 148 valence electrons. The third-order valence-corrected chi connectivity index (χ3v) is 5.85. The molecule has 2 heterocycles. The fraction of sp³-hybridized carbons (Fsp3) is 0.579. The van der Waals surface area contributed by atoms with E-state index in [0.29, 0.717) is 45.6 Å². The topological polar surface area (TPSA) is 55.9 Å². The number of likely N-dealkylation sites (N-methyl/N-ethyl adjacent to an activating group) is 1. The molecule has 27 heavy (non-hydrogen) atoms. The summed E-state index contributed by atoms with van der Waals surface area (Å²) in [5.41, 5.74) is -0.307. The zero-order valence-electron chi connectivity index (χ0n) is 15.8. The maximum Gasteiger partial charge on any atom is 0.322 e. The second-order valence-corrected chi connectivity index (χ2v) is 7.35. The summed E-state index contributed by atoms with van der Waals surface area (Å²) in [5.74, 6) is -1.34. The van der Waals surface area contributed by atoms with Gasteiger partial charge in [-0.15, -0.1) is 0 Å². The van der Waals surface area contributed by atoms with Crippen molar-refractivity contribution in [2.24, 2.45) is 0 Å². The lowest BCUT2D eigenvalue weighted by Crippen LogP contribution is -2.62. The molecule has 2 aliphatic heterocycles. The summed E-state index contributed by atoms with van der Waals surface area (Å²) in [6, 6.07) is 2.67. The number of urea groups is 1. The van der Waals surface area contributed by atoms with E-state index in [4.69, 9.17) is 0 Å². The van der Waals surface area contributed by atoms with Crippen LogP contribution in [0.4, 0.5) is 19.3 Å². The van der Waals surface area contributed by atoms with E-state index in [1.807, 2.05) is 18.9 Å². The Morgan fingerprint density at radius 2 is 2.00 bits per heavy atom. The largest absolute Gasteiger partial charge is 0.343 e. The average Bonchev–Trinajstić information content (AvgIpc) is 2.79. The molecule has 0 bridgehead atoms. The van der Waals surface area contributed by atoms with Crippen LogP contribution < -0.4 is 5.32 Å². The molecule has 0 unspecified atom stereocenters. The summed E-state index contributed by atoms with van der Waals surface area (Å²) >= 11 is 0. The Labute approximate surface area is 158 Å². The van der Waals surface area contributed by atoms with Gasteiger partial charge in [0, 0.05) is 50.7 Å². The predicted octanol–water partition coefficient (Wildman–Crippen LogP) is 2.52. The molecule has 0 aliphatic carbocycles. The van der Waals surface area contributed by atoms with Crippen molar-refractivity contribution in [2.75, 3.05) is 45.1 Å². The Morgan fingerprint density at radius 1 is 1.22 bits per heavy atom. The molecule has 6 nitrogen and oxygen atoms in total. The number of halogens is 2. The van der Waals surface area contributed by atoms with Gasteiger partial charge in [0.05, 0.1) is 5.69 Å². The van der Waals surface area contributed by atoms with Crippen molar-refractivity contribution in [1.29, 1.82) is 0 Å². The minimum atomic E-state index is -0.800. The lowest BCUT2D eigenvalue weighted by Gasteiger charge is -2.49. The number of carbonyl (C=O) groups is 2. The molecule has 2 aliphatic rings. The highest BCUT2D eigenvalue weighted by Gasteiger charge is 2.43. The van der Waals surface area contributed by atoms with E-state index >= 15 is 0 Å².